The third kappa shape index (κ3) is 4.64. The molecule has 0 spiro atoms. The largest absolute Gasteiger partial charge is 0.496 e. The molecule has 0 aromatic heterocycles. The maximum Gasteiger partial charge on any atom is 0.332 e. The molecular weight excluding hydrogens is 444 g/mol. The van der Waals surface area contributed by atoms with E-state index in [1.54, 1.807) is 44.5 Å². The van der Waals surface area contributed by atoms with E-state index in [4.69, 9.17) is 9.47 Å². The summed E-state index contributed by atoms with van der Waals surface area (Å²) in [6.45, 7) is 10.2. The molecule has 7 heteroatoms. The number of hydrogen-bond donors (Lipinski definition) is 1. The van der Waals surface area contributed by atoms with E-state index in [2.05, 4.69) is 26.1 Å². The van der Waals surface area contributed by atoms with E-state index >= 15 is 0 Å². The van der Waals surface area contributed by atoms with Crippen LogP contribution >= 0.6 is 0 Å². The Morgan fingerprint density at radius 1 is 1.11 bits per heavy atom. The van der Waals surface area contributed by atoms with E-state index in [0.717, 1.165) is 5.56 Å². The number of hydrogen-bond acceptors (Lipinski definition) is 5. The van der Waals surface area contributed by atoms with Crippen molar-refractivity contribution in [3.63, 3.8) is 0 Å². The van der Waals surface area contributed by atoms with Crippen LogP contribution in [0.25, 0.3) is 0 Å². The molecule has 2 aromatic carbocycles. The number of carbonyl (C=O) groups excluding carboxylic acids is 3. The van der Waals surface area contributed by atoms with Gasteiger partial charge in [-0.25, -0.2) is 4.79 Å². The maximum absolute atomic E-state index is 14.2. The fraction of sp³-hybridized carbons (Fsp3) is 0.464. The van der Waals surface area contributed by atoms with Crippen LogP contribution in [0.5, 0.6) is 5.75 Å². The summed E-state index contributed by atoms with van der Waals surface area (Å²) in [7, 11) is 4.47. The standard InChI is InChI=1S/C28H36N2O5/c1-17(2)15-28(26(33)35-8)16-20-19(24(31)29-6)10-9-11-22(20)30(28)25(32)18-12-13-21(27(3,4)5)23(14-18)34-7/h9-14,17H,15-16H2,1-8H3,(H,29,31). The molecule has 1 N–H and O–H groups in total. The van der Waals surface area contributed by atoms with Gasteiger partial charge in [0.2, 0.25) is 0 Å². The van der Waals surface area contributed by atoms with E-state index in [0.29, 0.717) is 34.5 Å². The highest BCUT2D eigenvalue weighted by molar-refractivity contribution is 6.14. The second-order valence-corrected chi connectivity index (χ2v) is 10.5. The molecule has 0 saturated carbocycles. The zero-order chi connectivity index (χ0) is 26.1. The highest BCUT2D eigenvalue weighted by Gasteiger charge is 2.54. The van der Waals surface area contributed by atoms with E-state index in [9.17, 15) is 14.4 Å². The summed E-state index contributed by atoms with van der Waals surface area (Å²) < 4.78 is 10.9. The molecule has 1 aliphatic rings. The van der Waals surface area contributed by atoms with Crippen LogP contribution in [-0.4, -0.2) is 44.6 Å². The van der Waals surface area contributed by atoms with Crippen molar-refractivity contribution in [3.05, 3.63) is 58.7 Å². The van der Waals surface area contributed by atoms with Crippen molar-refractivity contribution in [1.29, 1.82) is 0 Å². The zero-order valence-corrected chi connectivity index (χ0v) is 21.9. The Morgan fingerprint density at radius 3 is 2.34 bits per heavy atom. The van der Waals surface area contributed by atoms with Crippen molar-refractivity contribution in [2.75, 3.05) is 26.2 Å². The topological polar surface area (TPSA) is 84.9 Å². The van der Waals surface area contributed by atoms with Crippen LogP contribution in [0.2, 0.25) is 0 Å². The number of carbonyl (C=O) groups is 3. The summed E-state index contributed by atoms with van der Waals surface area (Å²) in [4.78, 5) is 41.8. The van der Waals surface area contributed by atoms with Crippen LogP contribution in [0.15, 0.2) is 36.4 Å². The first-order valence-electron chi connectivity index (χ1n) is 11.9. The Balaban J connectivity index is 2.26. The lowest BCUT2D eigenvalue weighted by Crippen LogP contribution is -2.57. The predicted octanol–water partition coefficient (Wildman–Crippen LogP) is 4.51. The van der Waals surface area contributed by atoms with Gasteiger partial charge in [0, 0.05) is 30.3 Å². The molecule has 0 saturated heterocycles. The monoisotopic (exact) mass is 480 g/mol. The SMILES string of the molecule is CNC(=O)c1cccc2c1CC(CC(C)C)(C(=O)OC)N2C(=O)c1ccc(C(C)(C)C)c(OC)c1. The summed E-state index contributed by atoms with van der Waals surface area (Å²) in [5.41, 5.74) is 1.56. The normalized spacial score (nSPS) is 17.2. The van der Waals surface area contributed by atoms with Crippen molar-refractivity contribution in [2.24, 2.45) is 5.92 Å². The van der Waals surface area contributed by atoms with Crippen LogP contribution in [-0.2, 0) is 21.4 Å². The summed E-state index contributed by atoms with van der Waals surface area (Å²) in [6.07, 6.45) is 0.574. The van der Waals surface area contributed by atoms with Crippen molar-refractivity contribution in [1.82, 2.24) is 5.32 Å². The first kappa shape index (κ1) is 26.3. The number of nitrogens with zero attached hydrogens (tertiary/aromatic N) is 1. The Labute approximate surface area is 207 Å². The van der Waals surface area contributed by atoms with Crippen LogP contribution in [0.4, 0.5) is 5.69 Å². The molecule has 2 amide bonds. The summed E-state index contributed by atoms with van der Waals surface area (Å²) >= 11 is 0. The minimum absolute atomic E-state index is 0.0833. The lowest BCUT2D eigenvalue weighted by atomic mass is 9.83. The molecule has 1 aliphatic heterocycles. The molecule has 188 valence electrons. The second kappa shape index (κ2) is 9.72. The van der Waals surface area contributed by atoms with Gasteiger partial charge in [-0.15, -0.1) is 0 Å². The maximum atomic E-state index is 14.2. The zero-order valence-electron chi connectivity index (χ0n) is 21.9. The molecule has 1 unspecified atom stereocenters. The number of ether oxygens (including phenoxy) is 2. The number of benzene rings is 2. The Hall–Kier alpha value is -3.35. The molecule has 1 atom stereocenters. The van der Waals surface area contributed by atoms with Crippen LogP contribution in [0.3, 0.4) is 0 Å². The summed E-state index contributed by atoms with van der Waals surface area (Å²) in [5.74, 6) is -0.426. The lowest BCUT2D eigenvalue weighted by Gasteiger charge is -2.37. The third-order valence-corrected chi connectivity index (χ3v) is 6.53. The van der Waals surface area contributed by atoms with Crippen molar-refractivity contribution in [2.45, 2.75) is 58.4 Å². The van der Waals surface area contributed by atoms with Gasteiger partial charge in [-0.3, -0.25) is 14.5 Å². The fourth-order valence-electron chi connectivity index (χ4n) is 5.07. The molecule has 1 heterocycles. The highest BCUT2D eigenvalue weighted by Crippen LogP contribution is 2.46. The first-order chi connectivity index (χ1) is 16.4. The molecule has 7 nitrogen and oxygen atoms in total. The molecule has 3 rings (SSSR count). The smallest absolute Gasteiger partial charge is 0.332 e. The molecule has 35 heavy (non-hydrogen) atoms. The number of rotatable bonds is 6. The minimum Gasteiger partial charge on any atom is -0.496 e. The summed E-state index contributed by atoms with van der Waals surface area (Å²) in [5, 5.41) is 2.66. The molecule has 2 aromatic rings. The predicted molar refractivity (Wildman–Crippen MR) is 136 cm³/mol. The Kier molecular flexibility index (Phi) is 7.29. The third-order valence-electron chi connectivity index (χ3n) is 6.53. The number of amides is 2. The van der Waals surface area contributed by atoms with Gasteiger partial charge in [-0.05, 0) is 53.1 Å². The molecule has 0 fully saturated rings. The van der Waals surface area contributed by atoms with E-state index in [1.807, 2.05) is 19.9 Å². The molecular formula is C28H36N2O5. The average Bonchev–Trinajstić information content (AvgIpc) is 3.15. The number of esters is 1. The summed E-state index contributed by atoms with van der Waals surface area (Å²) in [6, 6.07) is 10.6. The van der Waals surface area contributed by atoms with Gasteiger partial charge < -0.3 is 14.8 Å². The van der Waals surface area contributed by atoms with Gasteiger partial charge in [0.05, 0.1) is 14.2 Å². The number of anilines is 1. The molecule has 0 bridgehead atoms. The van der Waals surface area contributed by atoms with Crippen molar-refractivity contribution < 1.29 is 23.9 Å². The van der Waals surface area contributed by atoms with Gasteiger partial charge >= 0.3 is 5.97 Å². The van der Waals surface area contributed by atoms with Crippen molar-refractivity contribution >= 4 is 23.5 Å². The highest BCUT2D eigenvalue weighted by atomic mass is 16.5. The first-order valence-corrected chi connectivity index (χ1v) is 11.9. The van der Waals surface area contributed by atoms with Gasteiger partial charge in [-0.1, -0.05) is 46.8 Å². The number of fused-ring (bicyclic) bond motifs is 1. The van der Waals surface area contributed by atoms with Crippen LogP contribution < -0.4 is 15.0 Å². The van der Waals surface area contributed by atoms with Gasteiger partial charge in [0.15, 0.2) is 0 Å². The average molecular weight is 481 g/mol. The quantitative estimate of drug-likeness (QED) is 0.615. The number of methoxy groups -OCH3 is 2. The van der Waals surface area contributed by atoms with E-state index < -0.39 is 11.5 Å². The lowest BCUT2D eigenvalue weighted by molar-refractivity contribution is -0.147. The van der Waals surface area contributed by atoms with E-state index in [1.165, 1.54) is 12.0 Å². The van der Waals surface area contributed by atoms with Crippen LogP contribution in [0.1, 0.15) is 72.9 Å². The van der Waals surface area contributed by atoms with Gasteiger partial charge in [0.25, 0.3) is 11.8 Å². The van der Waals surface area contributed by atoms with Gasteiger partial charge in [0.1, 0.15) is 11.3 Å². The van der Waals surface area contributed by atoms with Gasteiger partial charge in [-0.2, -0.15) is 0 Å². The minimum atomic E-state index is -1.28. The number of nitrogens with one attached hydrogen (secondary N) is 1. The van der Waals surface area contributed by atoms with E-state index in [-0.39, 0.29) is 29.6 Å². The molecule has 0 radical (unpaired) electrons. The fourth-order valence-corrected chi connectivity index (χ4v) is 5.07. The van der Waals surface area contributed by atoms with Crippen molar-refractivity contribution in [3.8, 4) is 5.75 Å². The Bertz CT molecular complexity index is 1150. The Morgan fingerprint density at radius 2 is 1.80 bits per heavy atom. The molecule has 0 aliphatic carbocycles. The second-order valence-electron chi connectivity index (χ2n) is 10.5. The van der Waals surface area contributed by atoms with Crippen LogP contribution in [0, 0.1) is 5.92 Å².